The first kappa shape index (κ1) is 30.4. The van der Waals surface area contributed by atoms with Gasteiger partial charge in [-0.05, 0) is 62.1 Å². The number of amides is 1. The number of para-hydroxylation sites is 1. The first-order valence-corrected chi connectivity index (χ1v) is 16.2. The molecule has 1 aliphatic carbocycles. The summed E-state index contributed by atoms with van der Waals surface area (Å²) in [4.78, 5) is 38.5. The van der Waals surface area contributed by atoms with E-state index in [0.717, 1.165) is 16.7 Å². The fraction of sp³-hybridized carbons (Fsp3) is 0.312. The minimum Gasteiger partial charge on any atom is -0.507 e. The zero-order valence-corrected chi connectivity index (χ0v) is 25.5. The predicted octanol–water partition coefficient (Wildman–Crippen LogP) is 4.15. The normalized spacial score (nSPS) is 17.1. The average molecular weight is 636 g/mol. The lowest BCUT2D eigenvalue weighted by molar-refractivity contribution is -0.126. The summed E-state index contributed by atoms with van der Waals surface area (Å²) in [7, 11) is -3.85. The number of fused-ring (bicyclic) bond motifs is 1. The number of anilines is 1. The van der Waals surface area contributed by atoms with E-state index in [2.05, 4.69) is 16.5 Å². The van der Waals surface area contributed by atoms with Crippen LogP contribution in [0.25, 0.3) is 28.0 Å². The van der Waals surface area contributed by atoms with Gasteiger partial charge in [-0.1, -0.05) is 31.7 Å². The zero-order chi connectivity index (χ0) is 32.2. The molecule has 1 amide bonds. The lowest BCUT2D eigenvalue weighted by Gasteiger charge is -2.40. The van der Waals surface area contributed by atoms with Gasteiger partial charge in [-0.25, -0.2) is 31.5 Å². The summed E-state index contributed by atoms with van der Waals surface area (Å²) in [5.41, 5.74) is -1.52. The lowest BCUT2D eigenvalue weighted by atomic mass is 10.1. The minimum absolute atomic E-state index is 0.0539. The van der Waals surface area contributed by atoms with E-state index in [4.69, 9.17) is 0 Å². The van der Waals surface area contributed by atoms with Gasteiger partial charge < -0.3 is 14.9 Å². The second-order valence-electron chi connectivity index (χ2n) is 11.3. The summed E-state index contributed by atoms with van der Waals surface area (Å²) in [5.74, 6) is -2.66. The Balaban J connectivity index is 1.68. The van der Waals surface area contributed by atoms with Crippen molar-refractivity contribution in [2.45, 2.75) is 49.3 Å². The number of carbonyl (C=O) groups excluding carboxylic acids is 1. The third kappa shape index (κ3) is 5.14. The molecule has 2 aromatic heterocycles. The Hall–Kier alpha value is -4.65. The van der Waals surface area contributed by atoms with Crippen LogP contribution in [0.5, 0.6) is 5.75 Å². The van der Waals surface area contributed by atoms with Crippen LogP contribution < -0.4 is 10.6 Å². The molecule has 0 unspecified atom stereocenters. The maximum absolute atomic E-state index is 16.0. The molecule has 13 heteroatoms. The fourth-order valence-electron chi connectivity index (χ4n) is 5.94. The van der Waals surface area contributed by atoms with E-state index in [1.165, 1.54) is 24.3 Å². The second-order valence-corrected chi connectivity index (χ2v) is 13.5. The SMILES string of the molecule is C=CC(=O)N1CCN(c2nc(=O)n(-c3c(CC)cccc3S(=O)(=O)C3CC3)c3nc(-c4c(O)cccc4F)c(F)cc23)[C@@H](C)C1. The molecule has 0 spiro atoms. The Bertz CT molecular complexity index is 2020. The van der Waals surface area contributed by atoms with Gasteiger partial charge in [0.2, 0.25) is 5.91 Å². The number of piperazine rings is 1. The fourth-order valence-corrected chi connectivity index (χ4v) is 7.82. The van der Waals surface area contributed by atoms with Gasteiger partial charge in [0.25, 0.3) is 0 Å². The number of hydrogen-bond donors (Lipinski definition) is 1. The molecule has 1 atom stereocenters. The molecule has 4 aromatic rings. The molecule has 2 aliphatic rings. The quantitative estimate of drug-likeness (QED) is 0.300. The molecule has 1 N–H and O–H groups in total. The van der Waals surface area contributed by atoms with Gasteiger partial charge in [-0.15, -0.1) is 0 Å². The van der Waals surface area contributed by atoms with Crippen molar-refractivity contribution in [3.8, 4) is 22.7 Å². The smallest absolute Gasteiger partial charge is 0.355 e. The largest absolute Gasteiger partial charge is 0.507 e. The third-order valence-electron chi connectivity index (χ3n) is 8.37. The summed E-state index contributed by atoms with van der Waals surface area (Å²) in [6.07, 6.45) is 2.54. The maximum Gasteiger partial charge on any atom is 0.355 e. The standard InChI is InChI=1S/C32H31F2N5O5S/c1-4-19-8-6-11-25(45(43,44)20-12-13-20)29(19)39-31-21(16-23(34)28(35-31)27-22(33)9-7-10-24(27)40)30(36-32(39)42)38-15-14-37(17-18(38)3)26(41)5-2/h5-11,16,18,20,40H,2,4,12-15,17H2,1,3H3/t18-/m0/s1. The van der Waals surface area contributed by atoms with Gasteiger partial charge in [0.1, 0.15) is 23.1 Å². The van der Waals surface area contributed by atoms with Crippen LogP contribution in [0.3, 0.4) is 0 Å². The van der Waals surface area contributed by atoms with Crippen LogP contribution in [-0.2, 0) is 21.1 Å². The van der Waals surface area contributed by atoms with Gasteiger partial charge in [-0.3, -0.25) is 4.79 Å². The Kier molecular flexibility index (Phi) is 7.67. The molecule has 0 bridgehead atoms. The first-order valence-electron chi connectivity index (χ1n) is 14.6. The molecule has 1 aliphatic heterocycles. The summed E-state index contributed by atoms with van der Waals surface area (Å²) in [5, 5.41) is 9.99. The van der Waals surface area contributed by atoms with E-state index in [9.17, 15) is 23.1 Å². The van der Waals surface area contributed by atoms with Crippen LogP contribution >= 0.6 is 0 Å². The van der Waals surface area contributed by atoms with Gasteiger partial charge in [-0.2, -0.15) is 4.98 Å². The van der Waals surface area contributed by atoms with Crippen molar-refractivity contribution in [2.24, 2.45) is 0 Å². The molecule has 2 fully saturated rings. The third-order valence-corrected chi connectivity index (χ3v) is 10.7. The number of hydrogen-bond acceptors (Lipinski definition) is 8. The van der Waals surface area contributed by atoms with Crippen molar-refractivity contribution in [2.75, 3.05) is 24.5 Å². The number of phenols is 1. The van der Waals surface area contributed by atoms with Crippen LogP contribution in [0, 0.1) is 11.6 Å². The summed E-state index contributed by atoms with van der Waals surface area (Å²) in [6.45, 7) is 7.97. The van der Waals surface area contributed by atoms with Crippen LogP contribution in [-0.4, -0.2) is 69.8 Å². The number of phenolic OH excluding ortho intramolecular Hbond substituents is 1. The van der Waals surface area contributed by atoms with Gasteiger partial charge >= 0.3 is 5.69 Å². The molecule has 234 valence electrons. The Morgan fingerprint density at radius 2 is 1.84 bits per heavy atom. The number of benzene rings is 2. The van der Waals surface area contributed by atoms with Gasteiger partial charge in [0.15, 0.2) is 21.3 Å². The molecule has 1 saturated heterocycles. The van der Waals surface area contributed by atoms with Gasteiger partial charge in [0.05, 0.1) is 26.8 Å². The van der Waals surface area contributed by atoms with Crippen LogP contribution in [0.1, 0.15) is 32.3 Å². The summed E-state index contributed by atoms with van der Waals surface area (Å²) in [6, 6.07) is 8.93. The molecular weight excluding hydrogens is 604 g/mol. The van der Waals surface area contributed by atoms with E-state index in [-0.39, 0.29) is 59.0 Å². The van der Waals surface area contributed by atoms with Crippen molar-refractivity contribution in [3.63, 3.8) is 0 Å². The van der Waals surface area contributed by atoms with Crippen molar-refractivity contribution in [1.29, 1.82) is 0 Å². The summed E-state index contributed by atoms with van der Waals surface area (Å²) < 4.78 is 59.4. The Labute approximate surface area is 258 Å². The molecule has 6 rings (SSSR count). The maximum atomic E-state index is 16.0. The Morgan fingerprint density at radius 3 is 2.49 bits per heavy atom. The molecule has 10 nitrogen and oxygen atoms in total. The average Bonchev–Trinajstić information content (AvgIpc) is 3.87. The minimum atomic E-state index is -3.85. The van der Waals surface area contributed by atoms with Crippen molar-refractivity contribution in [1.82, 2.24) is 19.4 Å². The molecule has 45 heavy (non-hydrogen) atoms. The highest BCUT2D eigenvalue weighted by molar-refractivity contribution is 7.92. The number of aromatic hydroxyl groups is 1. The second kappa shape index (κ2) is 11.4. The van der Waals surface area contributed by atoms with Crippen LogP contribution in [0.4, 0.5) is 14.6 Å². The monoisotopic (exact) mass is 635 g/mol. The number of carbonyl (C=O) groups is 1. The van der Waals surface area contributed by atoms with Gasteiger partial charge in [0, 0.05) is 25.7 Å². The van der Waals surface area contributed by atoms with Crippen LogP contribution in [0.2, 0.25) is 0 Å². The number of aryl methyl sites for hydroxylation is 1. The van der Waals surface area contributed by atoms with E-state index < -0.39 is 49.4 Å². The van der Waals surface area contributed by atoms with E-state index in [0.29, 0.717) is 24.8 Å². The summed E-state index contributed by atoms with van der Waals surface area (Å²) >= 11 is 0. The molecule has 1 saturated carbocycles. The predicted molar refractivity (Wildman–Crippen MR) is 165 cm³/mol. The molecule has 3 heterocycles. The van der Waals surface area contributed by atoms with Crippen LogP contribution in [0.15, 0.2) is 64.8 Å². The van der Waals surface area contributed by atoms with Crippen molar-refractivity contribution in [3.05, 3.63) is 82.8 Å². The van der Waals surface area contributed by atoms with E-state index in [1.54, 1.807) is 21.9 Å². The topological polar surface area (TPSA) is 126 Å². The van der Waals surface area contributed by atoms with Crippen molar-refractivity contribution < 1.29 is 27.1 Å². The molecular formula is C32H31F2N5O5S. The van der Waals surface area contributed by atoms with Crippen molar-refractivity contribution >= 4 is 32.6 Å². The zero-order valence-electron chi connectivity index (χ0n) is 24.7. The van der Waals surface area contributed by atoms with E-state index >= 15 is 8.78 Å². The highest BCUT2D eigenvalue weighted by Crippen LogP contribution is 2.39. The first-order chi connectivity index (χ1) is 21.5. The number of pyridine rings is 1. The number of halogens is 2. The highest BCUT2D eigenvalue weighted by Gasteiger charge is 2.39. The number of sulfone groups is 1. The molecule has 2 aromatic carbocycles. The number of aromatic nitrogens is 3. The highest BCUT2D eigenvalue weighted by atomic mass is 32.2. The number of nitrogens with zero attached hydrogens (tertiary/aromatic N) is 5. The lowest BCUT2D eigenvalue weighted by Crippen LogP contribution is -2.54. The number of rotatable bonds is 7. The molecule has 0 radical (unpaired) electrons. The van der Waals surface area contributed by atoms with E-state index in [1.807, 2.05) is 13.8 Å². The Morgan fingerprint density at radius 1 is 1.11 bits per heavy atom.